The first-order chi connectivity index (χ1) is 9.72. The van der Waals surface area contributed by atoms with E-state index >= 15 is 0 Å². The smallest absolute Gasteiger partial charge is 0.325 e. The minimum Gasteiger partial charge on any atom is -0.480 e. The SMILES string of the molecule is Cc1nn(CC(C)C)c(C)c1CCC(=O)N[C@@H](C)C(=O)O. The molecule has 1 rings (SSSR count). The highest BCUT2D eigenvalue weighted by Gasteiger charge is 2.16. The van der Waals surface area contributed by atoms with E-state index in [9.17, 15) is 9.59 Å². The number of carbonyl (C=O) groups is 2. The molecule has 0 unspecified atom stereocenters. The summed E-state index contributed by atoms with van der Waals surface area (Å²) in [5.74, 6) is -0.767. The van der Waals surface area contributed by atoms with E-state index in [0.717, 1.165) is 23.5 Å². The maximum Gasteiger partial charge on any atom is 0.325 e. The zero-order chi connectivity index (χ0) is 16.2. The molecule has 1 aromatic heterocycles. The molecule has 0 aliphatic heterocycles. The van der Waals surface area contributed by atoms with E-state index in [1.807, 2.05) is 18.5 Å². The summed E-state index contributed by atoms with van der Waals surface area (Å²) in [6, 6.07) is -0.858. The average molecular weight is 295 g/mol. The monoisotopic (exact) mass is 295 g/mol. The van der Waals surface area contributed by atoms with E-state index in [1.165, 1.54) is 6.92 Å². The highest BCUT2D eigenvalue weighted by molar-refractivity contribution is 5.83. The molecule has 0 saturated carbocycles. The Morgan fingerprint density at radius 3 is 2.43 bits per heavy atom. The third kappa shape index (κ3) is 4.88. The lowest BCUT2D eigenvalue weighted by Crippen LogP contribution is -2.38. The number of nitrogens with one attached hydrogen (secondary N) is 1. The Bertz CT molecular complexity index is 520. The number of hydrogen-bond acceptors (Lipinski definition) is 3. The number of aliphatic carboxylic acids is 1. The molecular formula is C15H25N3O3. The van der Waals surface area contributed by atoms with Crippen LogP contribution in [-0.2, 0) is 22.6 Å². The standard InChI is InChI=1S/C15H25N3O3/c1-9(2)8-18-12(5)13(10(3)17-18)6-7-14(19)16-11(4)15(20)21/h9,11H,6-8H2,1-5H3,(H,16,19)(H,20,21)/t11-/m0/s1. The van der Waals surface area contributed by atoms with E-state index in [4.69, 9.17) is 5.11 Å². The number of carboxylic acid groups (broad SMARTS) is 1. The minimum absolute atomic E-state index is 0.250. The van der Waals surface area contributed by atoms with Gasteiger partial charge in [-0.25, -0.2) is 0 Å². The van der Waals surface area contributed by atoms with Gasteiger partial charge in [0, 0.05) is 18.7 Å². The van der Waals surface area contributed by atoms with Gasteiger partial charge in [-0.1, -0.05) is 13.8 Å². The second-order valence-corrected chi connectivity index (χ2v) is 5.85. The Morgan fingerprint density at radius 1 is 1.29 bits per heavy atom. The lowest BCUT2D eigenvalue weighted by Gasteiger charge is -2.10. The van der Waals surface area contributed by atoms with Crippen LogP contribution in [0.5, 0.6) is 0 Å². The zero-order valence-electron chi connectivity index (χ0n) is 13.4. The first-order valence-corrected chi connectivity index (χ1v) is 7.27. The van der Waals surface area contributed by atoms with E-state index in [1.54, 1.807) is 0 Å². The Balaban J connectivity index is 2.65. The van der Waals surface area contributed by atoms with Crippen molar-refractivity contribution in [3.05, 3.63) is 17.0 Å². The van der Waals surface area contributed by atoms with Gasteiger partial charge in [-0.3, -0.25) is 14.3 Å². The van der Waals surface area contributed by atoms with Crippen LogP contribution in [0.4, 0.5) is 0 Å². The Labute approximate surface area is 125 Å². The Morgan fingerprint density at radius 2 is 1.90 bits per heavy atom. The van der Waals surface area contributed by atoms with Gasteiger partial charge in [0.15, 0.2) is 0 Å². The first-order valence-electron chi connectivity index (χ1n) is 7.27. The molecule has 0 bridgehead atoms. The Hall–Kier alpha value is -1.85. The average Bonchev–Trinajstić information content (AvgIpc) is 2.61. The van der Waals surface area contributed by atoms with Crippen LogP contribution >= 0.6 is 0 Å². The highest BCUT2D eigenvalue weighted by Crippen LogP contribution is 2.16. The molecule has 1 atom stereocenters. The van der Waals surface area contributed by atoms with Gasteiger partial charge in [0.25, 0.3) is 0 Å². The van der Waals surface area contributed by atoms with Crippen molar-refractivity contribution in [1.82, 2.24) is 15.1 Å². The molecule has 21 heavy (non-hydrogen) atoms. The molecule has 0 saturated heterocycles. The van der Waals surface area contributed by atoms with Crippen LogP contribution in [-0.4, -0.2) is 32.8 Å². The number of carboxylic acids is 1. The molecule has 0 radical (unpaired) electrons. The lowest BCUT2D eigenvalue weighted by molar-refractivity contribution is -0.141. The number of nitrogens with zero attached hydrogens (tertiary/aromatic N) is 2. The van der Waals surface area contributed by atoms with Gasteiger partial charge in [0.1, 0.15) is 6.04 Å². The molecule has 2 N–H and O–H groups in total. The van der Waals surface area contributed by atoms with Gasteiger partial charge < -0.3 is 10.4 Å². The lowest BCUT2D eigenvalue weighted by atomic mass is 10.1. The van der Waals surface area contributed by atoms with Gasteiger partial charge >= 0.3 is 5.97 Å². The second-order valence-electron chi connectivity index (χ2n) is 5.85. The number of amides is 1. The van der Waals surface area contributed by atoms with Crippen molar-refractivity contribution in [1.29, 1.82) is 0 Å². The van der Waals surface area contributed by atoms with Crippen LogP contribution < -0.4 is 5.32 Å². The van der Waals surface area contributed by atoms with E-state index < -0.39 is 12.0 Å². The van der Waals surface area contributed by atoms with Crippen molar-refractivity contribution in [3.63, 3.8) is 0 Å². The summed E-state index contributed by atoms with van der Waals surface area (Å²) in [7, 11) is 0. The van der Waals surface area contributed by atoms with Gasteiger partial charge in [-0.05, 0) is 38.7 Å². The topological polar surface area (TPSA) is 84.2 Å². The van der Waals surface area contributed by atoms with Gasteiger partial charge in [0.2, 0.25) is 5.91 Å². The largest absolute Gasteiger partial charge is 0.480 e. The summed E-state index contributed by atoms with van der Waals surface area (Å²) in [5.41, 5.74) is 3.10. The molecule has 1 heterocycles. The molecule has 0 aliphatic rings. The fourth-order valence-corrected chi connectivity index (χ4v) is 2.23. The summed E-state index contributed by atoms with van der Waals surface area (Å²) >= 11 is 0. The summed E-state index contributed by atoms with van der Waals surface area (Å²) in [4.78, 5) is 22.4. The van der Waals surface area contributed by atoms with Crippen molar-refractivity contribution in [2.75, 3.05) is 0 Å². The van der Waals surface area contributed by atoms with Crippen LogP contribution in [0.3, 0.4) is 0 Å². The molecule has 0 fully saturated rings. The van der Waals surface area contributed by atoms with Crippen LogP contribution in [0.25, 0.3) is 0 Å². The van der Waals surface area contributed by atoms with Crippen molar-refractivity contribution in [2.24, 2.45) is 5.92 Å². The molecule has 0 spiro atoms. The van der Waals surface area contributed by atoms with Crippen molar-refractivity contribution in [3.8, 4) is 0 Å². The number of carbonyl (C=O) groups excluding carboxylic acids is 1. The quantitative estimate of drug-likeness (QED) is 0.801. The van der Waals surface area contributed by atoms with Crippen LogP contribution in [0, 0.1) is 19.8 Å². The predicted molar refractivity (Wildman–Crippen MR) is 80.1 cm³/mol. The van der Waals surface area contributed by atoms with Crippen LogP contribution in [0.15, 0.2) is 0 Å². The second kappa shape index (κ2) is 7.24. The molecule has 6 nitrogen and oxygen atoms in total. The number of rotatable bonds is 7. The van der Waals surface area contributed by atoms with Crippen LogP contribution in [0.2, 0.25) is 0 Å². The summed E-state index contributed by atoms with van der Waals surface area (Å²) in [6.07, 6.45) is 0.848. The maximum absolute atomic E-state index is 11.7. The molecule has 1 aromatic rings. The van der Waals surface area contributed by atoms with Gasteiger partial charge in [-0.15, -0.1) is 0 Å². The molecule has 0 aromatic carbocycles. The van der Waals surface area contributed by atoms with Gasteiger partial charge in [0.05, 0.1) is 5.69 Å². The van der Waals surface area contributed by atoms with E-state index in [2.05, 4.69) is 24.3 Å². The summed E-state index contributed by atoms with van der Waals surface area (Å²) in [6.45, 7) is 10.5. The minimum atomic E-state index is -1.03. The first kappa shape index (κ1) is 17.2. The normalized spacial score (nSPS) is 12.5. The summed E-state index contributed by atoms with van der Waals surface area (Å²) in [5, 5.41) is 15.7. The van der Waals surface area contributed by atoms with E-state index in [-0.39, 0.29) is 12.3 Å². The number of aryl methyl sites for hydroxylation is 1. The third-order valence-corrected chi connectivity index (χ3v) is 3.42. The summed E-state index contributed by atoms with van der Waals surface area (Å²) < 4.78 is 1.98. The number of hydrogen-bond donors (Lipinski definition) is 2. The molecule has 118 valence electrons. The molecular weight excluding hydrogens is 270 g/mol. The fraction of sp³-hybridized carbons (Fsp3) is 0.667. The predicted octanol–water partition coefficient (Wildman–Crippen LogP) is 1.68. The number of aromatic nitrogens is 2. The molecule has 0 aliphatic carbocycles. The van der Waals surface area contributed by atoms with Crippen molar-refractivity contribution >= 4 is 11.9 Å². The Kier molecular flexibility index (Phi) is 5.93. The van der Waals surface area contributed by atoms with Crippen LogP contribution in [0.1, 0.15) is 44.1 Å². The molecule has 6 heteroatoms. The molecule has 1 amide bonds. The van der Waals surface area contributed by atoms with E-state index in [0.29, 0.717) is 12.3 Å². The highest BCUT2D eigenvalue weighted by atomic mass is 16.4. The maximum atomic E-state index is 11.7. The van der Waals surface area contributed by atoms with Crippen molar-refractivity contribution in [2.45, 2.75) is 60.0 Å². The third-order valence-electron chi connectivity index (χ3n) is 3.42. The van der Waals surface area contributed by atoms with Gasteiger partial charge in [-0.2, -0.15) is 5.10 Å². The fourth-order valence-electron chi connectivity index (χ4n) is 2.23. The van der Waals surface area contributed by atoms with Crippen molar-refractivity contribution < 1.29 is 14.7 Å². The zero-order valence-corrected chi connectivity index (χ0v) is 13.4.